The van der Waals surface area contributed by atoms with Crippen molar-refractivity contribution < 1.29 is 0 Å². The van der Waals surface area contributed by atoms with Gasteiger partial charge in [0.15, 0.2) is 0 Å². The topological polar surface area (TPSA) is 29.3 Å². The Kier molecular flexibility index (Phi) is 4.23. The Morgan fingerprint density at radius 2 is 2.06 bits per heavy atom. The maximum absolute atomic E-state index is 5.97. The molecule has 0 spiro atoms. The number of nitrogens with two attached hydrogens (primary N) is 1. The Morgan fingerprint density at radius 1 is 1.41 bits per heavy atom. The fourth-order valence-electron chi connectivity index (χ4n) is 2.45. The van der Waals surface area contributed by atoms with Gasteiger partial charge in [-0.1, -0.05) is 34.1 Å². The molecule has 2 rings (SSSR count). The molecule has 1 fully saturated rings. The maximum Gasteiger partial charge on any atom is 0.0481 e. The Balaban J connectivity index is 2.17. The van der Waals surface area contributed by atoms with Gasteiger partial charge < -0.3 is 5.73 Å². The third-order valence-corrected chi connectivity index (χ3v) is 4.65. The predicted molar refractivity (Wildman–Crippen MR) is 75.9 cm³/mol. The van der Waals surface area contributed by atoms with Crippen LogP contribution >= 0.6 is 15.9 Å². The first-order chi connectivity index (χ1) is 8.15. The van der Waals surface area contributed by atoms with Crippen LogP contribution in [0.5, 0.6) is 0 Å². The second kappa shape index (κ2) is 5.51. The lowest BCUT2D eigenvalue weighted by atomic mass is 10.0. The molecule has 0 aliphatic heterocycles. The summed E-state index contributed by atoms with van der Waals surface area (Å²) in [5.41, 5.74) is 7.27. The lowest BCUT2D eigenvalue weighted by molar-refractivity contribution is 0.171. The molecule has 1 aliphatic carbocycles. The van der Waals surface area contributed by atoms with Crippen LogP contribution in [0.25, 0.3) is 0 Å². The molecule has 1 saturated carbocycles. The fourth-order valence-corrected chi connectivity index (χ4v) is 3.00. The van der Waals surface area contributed by atoms with Gasteiger partial charge in [-0.3, -0.25) is 4.90 Å². The normalized spacial score (nSPS) is 19.4. The average molecular weight is 297 g/mol. The van der Waals surface area contributed by atoms with Crippen LogP contribution in [0.1, 0.15) is 31.4 Å². The Labute approximate surface area is 112 Å². The Hall–Kier alpha value is -0.380. The molecular formula is C14H21BrN2. The summed E-state index contributed by atoms with van der Waals surface area (Å²) in [5.74, 6) is 0.872. The van der Waals surface area contributed by atoms with Crippen LogP contribution in [-0.2, 0) is 0 Å². The zero-order valence-corrected chi connectivity index (χ0v) is 12.2. The first-order valence-electron chi connectivity index (χ1n) is 6.31. The first kappa shape index (κ1) is 13.1. The second-order valence-electron chi connectivity index (χ2n) is 5.02. The summed E-state index contributed by atoms with van der Waals surface area (Å²) in [6.45, 7) is 2.98. The molecule has 0 aromatic heterocycles. The van der Waals surface area contributed by atoms with Gasteiger partial charge >= 0.3 is 0 Å². The van der Waals surface area contributed by atoms with E-state index in [0.717, 1.165) is 10.4 Å². The molecule has 0 radical (unpaired) electrons. The van der Waals surface area contributed by atoms with Gasteiger partial charge in [0.05, 0.1) is 0 Å². The van der Waals surface area contributed by atoms with Gasteiger partial charge in [0.2, 0.25) is 0 Å². The van der Waals surface area contributed by atoms with Crippen molar-refractivity contribution in [2.45, 2.75) is 31.8 Å². The molecule has 2 N–H and O–H groups in total. The van der Waals surface area contributed by atoms with E-state index >= 15 is 0 Å². The van der Waals surface area contributed by atoms with Gasteiger partial charge in [0, 0.05) is 23.1 Å². The first-order valence-corrected chi connectivity index (χ1v) is 7.11. The minimum Gasteiger partial charge on any atom is -0.329 e. The molecule has 3 heteroatoms. The number of nitrogens with zero attached hydrogens (tertiary/aromatic N) is 1. The molecule has 0 saturated heterocycles. The summed E-state index contributed by atoms with van der Waals surface area (Å²) in [5, 5.41) is 0. The lowest BCUT2D eigenvalue weighted by Crippen LogP contribution is -2.38. The standard InChI is InChI=1S/C14H21BrN2/c1-10(11-7-8-11)17(2)14(9-16)12-5-3-4-6-13(12)15/h3-6,10-11,14H,7-9,16H2,1-2H3. The van der Waals surface area contributed by atoms with Crippen LogP contribution in [0.4, 0.5) is 0 Å². The molecule has 1 aromatic carbocycles. The second-order valence-corrected chi connectivity index (χ2v) is 5.87. The van der Waals surface area contributed by atoms with Crippen molar-refractivity contribution in [3.63, 3.8) is 0 Å². The third kappa shape index (κ3) is 2.90. The number of halogens is 1. The number of likely N-dealkylation sites (N-methyl/N-ethyl adjacent to an activating group) is 1. The molecule has 0 heterocycles. The zero-order chi connectivity index (χ0) is 12.4. The minimum atomic E-state index is 0.307. The van der Waals surface area contributed by atoms with Crippen molar-refractivity contribution in [2.75, 3.05) is 13.6 Å². The van der Waals surface area contributed by atoms with Crippen molar-refractivity contribution in [1.82, 2.24) is 4.90 Å². The van der Waals surface area contributed by atoms with Crippen LogP contribution < -0.4 is 5.73 Å². The maximum atomic E-state index is 5.97. The van der Waals surface area contributed by atoms with Gasteiger partial charge in [0.1, 0.15) is 0 Å². The largest absolute Gasteiger partial charge is 0.329 e. The fraction of sp³-hybridized carbons (Fsp3) is 0.571. The van der Waals surface area contributed by atoms with Gasteiger partial charge in [-0.2, -0.15) is 0 Å². The predicted octanol–water partition coefficient (Wildman–Crippen LogP) is 3.18. The van der Waals surface area contributed by atoms with E-state index in [9.17, 15) is 0 Å². The van der Waals surface area contributed by atoms with E-state index in [2.05, 4.69) is 53.0 Å². The van der Waals surface area contributed by atoms with E-state index in [1.54, 1.807) is 0 Å². The quantitative estimate of drug-likeness (QED) is 0.904. The van der Waals surface area contributed by atoms with Crippen molar-refractivity contribution in [1.29, 1.82) is 0 Å². The van der Waals surface area contributed by atoms with E-state index in [-0.39, 0.29) is 0 Å². The van der Waals surface area contributed by atoms with E-state index in [0.29, 0.717) is 18.6 Å². The molecular weight excluding hydrogens is 276 g/mol. The SMILES string of the molecule is CC(C1CC1)N(C)C(CN)c1ccccc1Br. The highest BCUT2D eigenvalue weighted by Gasteiger charge is 2.33. The molecule has 94 valence electrons. The summed E-state index contributed by atoms with van der Waals surface area (Å²) in [6, 6.07) is 9.31. The molecule has 2 unspecified atom stereocenters. The summed E-state index contributed by atoms with van der Waals surface area (Å²) in [4.78, 5) is 2.43. The van der Waals surface area contributed by atoms with Crippen LogP contribution in [-0.4, -0.2) is 24.5 Å². The summed E-state index contributed by atoms with van der Waals surface area (Å²) in [7, 11) is 2.19. The van der Waals surface area contributed by atoms with Crippen LogP contribution in [0.3, 0.4) is 0 Å². The highest BCUT2D eigenvalue weighted by molar-refractivity contribution is 9.10. The van der Waals surface area contributed by atoms with Crippen molar-refractivity contribution in [2.24, 2.45) is 11.7 Å². The Bertz CT molecular complexity index is 376. The monoisotopic (exact) mass is 296 g/mol. The van der Waals surface area contributed by atoms with Crippen LogP contribution in [0.15, 0.2) is 28.7 Å². The minimum absolute atomic E-state index is 0.307. The lowest BCUT2D eigenvalue weighted by Gasteiger charge is -2.33. The number of hydrogen-bond donors (Lipinski definition) is 1. The van der Waals surface area contributed by atoms with Gasteiger partial charge in [-0.15, -0.1) is 0 Å². The van der Waals surface area contributed by atoms with Gasteiger partial charge in [0.25, 0.3) is 0 Å². The number of hydrogen-bond acceptors (Lipinski definition) is 2. The molecule has 1 aliphatic rings. The van der Waals surface area contributed by atoms with Crippen molar-refractivity contribution in [3.8, 4) is 0 Å². The summed E-state index contributed by atoms with van der Waals surface area (Å²) >= 11 is 3.63. The molecule has 1 aromatic rings. The third-order valence-electron chi connectivity index (χ3n) is 3.93. The molecule has 17 heavy (non-hydrogen) atoms. The molecule has 2 nitrogen and oxygen atoms in total. The van der Waals surface area contributed by atoms with E-state index < -0.39 is 0 Å². The van der Waals surface area contributed by atoms with E-state index in [1.165, 1.54) is 18.4 Å². The van der Waals surface area contributed by atoms with Crippen LogP contribution in [0, 0.1) is 5.92 Å². The highest BCUT2D eigenvalue weighted by Crippen LogP contribution is 2.38. The van der Waals surface area contributed by atoms with Crippen molar-refractivity contribution in [3.05, 3.63) is 34.3 Å². The number of rotatable bonds is 5. The molecule has 2 atom stereocenters. The van der Waals surface area contributed by atoms with Gasteiger partial charge in [-0.25, -0.2) is 0 Å². The van der Waals surface area contributed by atoms with E-state index in [1.807, 2.05) is 6.07 Å². The zero-order valence-electron chi connectivity index (χ0n) is 10.6. The smallest absolute Gasteiger partial charge is 0.0481 e. The van der Waals surface area contributed by atoms with Crippen molar-refractivity contribution >= 4 is 15.9 Å². The Morgan fingerprint density at radius 3 is 2.59 bits per heavy atom. The van der Waals surface area contributed by atoms with Gasteiger partial charge in [-0.05, 0) is 44.4 Å². The average Bonchev–Trinajstić information content (AvgIpc) is 3.15. The van der Waals surface area contributed by atoms with Crippen LogP contribution in [0.2, 0.25) is 0 Å². The summed E-state index contributed by atoms with van der Waals surface area (Å²) < 4.78 is 1.16. The molecule has 0 bridgehead atoms. The summed E-state index contributed by atoms with van der Waals surface area (Å²) in [6.07, 6.45) is 2.75. The van der Waals surface area contributed by atoms with E-state index in [4.69, 9.17) is 5.73 Å². The highest BCUT2D eigenvalue weighted by atomic mass is 79.9. The molecule has 0 amide bonds. The number of benzene rings is 1.